The fourth-order valence-electron chi connectivity index (χ4n) is 1.62. The van der Waals surface area contributed by atoms with Crippen LogP contribution in [0.1, 0.15) is 19.4 Å². The lowest BCUT2D eigenvalue weighted by Crippen LogP contribution is -2.41. The SMILES string of the molecule is COC(C(=O)O)C(C)(C)c1cncc(F)c1. The molecule has 1 heterocycles. The first-order valence-corrected chi connectivity index (χ1v) is 4.76. The molecule has 0 bridgehead atoms. The zero-order valence-corrected chi connectivity index (χ0v) is 9.40. The Morgan fingerprint density at radius 2 is 2.19 bits per heavy atom. The third kappa shape index (κ3) is 2.36. The van der Waals surface area contributed by atoms with Gasteiger partial charge >= 0.3 is 5.97 Å². The van der Waals surface area contributed by atoms with Crippen molar-refractivity contribution in [2.24, 2.45) is 0 Å². The number of halogens is 1. The summed E-state index contributed by atoms with van der Waals surface area (Å²) in [7, 11) is 1.31. The highest BCUT2D eigenvalue weighted by molar-refractivity contribution is 5.74. The van der Waals surface area contributed by atoms with E-state index in [1.54, 1.807) is 13.8 Å². The standard InChI is InChI=1S/C11H14FNO3/c1-11(2,9(16-3)10(14)15)7-4-8(12)6-13-5-7/h4-6,9H,1-3H3,(H,14,15). The summed E-state index contributed by atoms with van der Waals surface area (Å²) in [6, 6.07) is 1.27. The van der Waals surface area contributed by atoms with Crippen LogP contribution < -0.4 is 0 Å². The van der Waals surface area contributed by atoms with E-state index in [-0.39, 0.29) is 0 Å². The zero-order chi connectivity index (χ0) is 12.3. The van der Waals surface area contributed by atoms with Crippen LogP contribution in [-0.2, 0) is 14.9 Å². The van der Waals surface area contributed by atoms with Crippen LogP contribution in [0.15, 0.2) is 18.5 Å². The Hall–Kier alpha value is -1.49. The van der Waals surface area contributed by atoms with Crippen molar-refractivity contribution in [3.8, 4) is 0 Å². The molecule has 0 fully saturated rings. The molecular formula is C11H14FNO3. The Labute approximate surface area is 93.1 Å². The van der Waals surface area contributed by atoms with Gasteiger partial charge in [0.2, 0.25) is 0 Å². The summed E-state index contributed by atoms with van der Waals surface area (Å²) in [4.78, 5) is 14.7. The maximum Gasteiger partial charge on any atom is 0.333 e. The minimum atomic E-state index is -1.09. The topological polar surface area (TPSA) is 59.4 Å². The van der Waals surface area contributed by atoms with Gasteiger partial charge in [-0.3, -0.25) is 4.98 Å². The van der Waals surface area contributed by atoms with E-state index in [1.165, 1.54) is 19.4 Å². The summed E-state index contributed by atoms with van der Waals surface area (Å²) >= 11 is 0. The van der Waals surface area contributed by atoms with Crippen LogP contribution in [0.5, 0.6) is 0 Å². The summed E-state index contributed by atoms with van der Waals surface area (Å²) in [5, 5.41) is 9.00. The smallest absolute Gasteiger partial charge is 0.333 e. The predicted molar refractivity (Wildman–Crippen MR) is 55.7 cm³/mol. The number of rotatable bonds is 4. The van der Waals surface area contributed by atoms with E-state index < -0.39 is 23.3 Å². The molecule has 0 aromatic carbocycles. The number of methoxy groups -OCH3 is 1. The molecule has 1 unspecified atom stereocenters. The fraction of sp³-hybridized carbons (Fsp3) is 0.455. The minimum absolute atomic E-state index is 0.488. The molecule has 0 amide bonds. The van der Waals surface area contributed by atoms with Crippen molar-refractivity contribution in [2.75, 3.05) is 7.11 Å². The largest absolute Gasteiger partial charge is 0.479 e. The molecule has 16 heavy (non-hydrogen) atoms. The van der Waals surface area contributed by atoms with Crippen molar-refractivity contribution in [1.29, 1.82) is 0 Å². The molecule has 0 spiro atoms. The Morgan fingerprint density at radius 1 is 1.56 bits per heavy atom. The van der Waals surface area contributed by atoms with E-state index in [9.17, 15) is 9.18 Å². The van der Waals surface area contributed by atoms with Crippen LogP contribution in [0, 0.1) is 5.82 Å². The molecule has 0 aliphatic heterocycles. The van der Waals surface area contributed by atoms with Crippen LogP contribution in [0.3, 0.4) is 0 Å². The number of ether oxygens (including phenoxy) is 1. The molecule has 0 radical (unpaired) electrons. The molecule has 0 aliphatic rings. The van der Waals surface area contributed by atoms with Crippen molar-refractivity contribution < 1.29 is 19.0 Å². The van der Waals surface area contributed by atoms with Gasteiger partial charge in [0.15, 0.2) is 6.10 Å². The summed E-state index contributed by atoms with van der Waals surface area (Å²) in [6.07, 6.45) is 1.47. The van der Waals surface area contributed by atoms with Crippen LogP contribution in [0.4, 0.5) is 4.39 Å². The fourth-order valence-corrected chi connectivity index (χ4v) is 1.62. The van der Waals surface area contributed by atoms with Crippen molar-refractivity contribution in [1.82, 2.24) is 4.98 Å². The number of aromatic nitrogens is 1. The quantitative estimate of drug-likeness (QED) is 0.848. The number of hydrogen-bond acceptors (Lipinski definition) is 3. The third-order valence-corrected chi connectivity index (χ3v) is 2.56. The molecular weight excluding hydrogens is 213 g/mol. The van der Waals surface area contributed by atoms with Crippen molar-refractivity contribution in [3.05, 3.63) is 29.8 Å². The van der Waals surface area contributed by atoms with Gasteiger partial charge in [0, 0.05) is 18.7 Å². The monoisotopic (exact) mass is 227 g/mol. The van der Waals surface area contributed by atoms with Gasteiger partial charge < -0.3 is 9.84 Å². The highest BCUT2D eigenvalue weighted by atomic mass is 19.1. The average Bonchev–Trinajstić information content (AvgIpc) is 2.17. The summed E-state index contributed by atoms with van der Waals surface area (Å²) < 4.78 is 17.9. The first kappa shape index (κ1) is 12.6. The lowest BCUT2D eigenvalue weighted by Gasteiger charge is -2.30. The number of aliphatic carboxylic acids is 1. The van der Waals surface area contributed by atoms with E-state index in [1.807, 2.05) is 0 Å². The number of hydrogen-bond donors (Lipinski definition) is 1. The molecule has 88 valence electrons. The predicted octanol–water partition coefficient (Wildman–Crippen LogP) is 1.60. The minimum Gasteiger partial charge on any atom is -0.479 e. The van der Waals surface area contributed by atoms with Crippen LogP contribution in [-0.4, -0.2) is 29.3 Å². The molecule has 1 N–H and O–H groups in total. The van der Waals surface area contributed by atoms with Crippen LogP contribution in [0.2, 0.25) is 0 Å². The number of carbonyl (C=O) groups is 1. The number of carboxylic acids is 1. The third-order valence-electron chi connectivity index (χ3n) is 2.56. The number of nitrogens with zero attached hydrogens (tertiary/aromatic N) is 1. The normalized spacial score (nSPS) is 13.5. The second-order valence-electron chi connectivity index (χ2n) is 4.07. The maximum absolute atomic E-state index is 13.0. The van der Waals surface area contributed by atoms with E-state index in [0.29, 0.717) is 5.56 Å². The van der Waals surface area contributed by atoms with Gasteiger partial charge in [0.25, 0.3) is 0 Å². The molecule has 1 aromatic rings. The number of pyridine rings is 1. The highest BCUT2D eigenvalue weighted by Gasteiger charge is 2.37. The number of carboxylic acid groups (broad SMARTS) is 1. The van der Waals surface area contributed by atoms with Crippen molar-refractivity contribution in [2.45, 2.75) is 25.4 Å². The first-order valence-electron chi connectivity index (χ1n) is 4.76. The Balaban J connectivity index is 3.13. The molecule has 1 atom stereocenters. The van der Waals surface area contributed by atoms with Gasteiger partial charge in [0.1, 0.15) is 5.82 Å². The van der Waals surface area contributed by atoms with Crippen LogP contribution >= 0.6 is 0 Å². The van der Waals surface area contributed by atoms with Gasteiger partial charge in [-0.05, 0) is 11.6 Å². The summed E-state index contributed by atoms with van der Waals surface area (Å²) in [5.74, 6) is -1.58. The van der Waals surface area contributed by atoms with E-state index >= 15 is 0 Å². The van der Waals surface area contributed by atoms with E-state index in [4.69, 9.17) is 9.84 Å². The molecule has 4 nitrogen and oxygen atoms in total. The maximum atomic E-state index is 13.0. The van der Waals surface area contributed by atoms with Crippen LogP contribution in [0.25, 0.3) is 0 Å². The Kier molecular flexibility index (Phi) is 3.59. The Morgan fingerprint density at radius 3 is 2.62 bits per heavy atom. The van der Waals surface area contributed by atoms with Gasteiger partial charge in [-0.15, -0.1) is 0 Å². The molecule has 1 rings (SSSR count). The molecule has 1 aromatic heterocycles. The molecule has 0 saturated carbocycles. The second-order valence-corrected chi connectivity index (χ2v) is 4.07. The van der Waals surface area contributed by atoms with Gasteiger partial charge in [-0.25, -0.2) is 9.18 Å². The summed E-state index contributed by atoms with van der Waals surface area (Å²) in [5.41, 5.74) is -0.364. The first-order chi connectivity index (χ1) is 7.39. The second kappa shape index (κ2) is 4.57. The van der Waals surface area contributed by atoms with Gasteiger partial charge in [0.05, 0.1) is 6.20 Å². The van der Waals surface area contributed by atoms with Gasteiger partial charge in [-0.2, -0.15) is 0 Å². The molecule has 5 heteroatoms. The van der Waals surface area contributed by atoms with E-state index in [2.05, 4.69) is 4.98 Å². The zero-order valence-electron chi connectivity index (χ0n) is 9.40. The average molecular weight is 227 g/mol. The highest BCUT2D eigenvalue weighted by Crippen LogP contribution is 2.28. The lowest BCUT2D eigenvalue weighted by atomic mass is 9.80. The van der Waals surface area contributed by atoms with Crippen molar-refractivity contribution in [3.63, 3.8) is 0 Å². The van der Waals surface area contributed by atoms with E-state index in [0.717, 1.165) is 6.20 Å². The lowest BCUT2D eigenvalue weighted by molar-refractivity contribution is -0.152. The van der Waals surface area contributed by atoms with Gasteiger partial charge in [-0.1, -0.05) is 13.8 Å². The molecule has 0 aliphatic carbocycles. The molecule has 0 saturated heterocycles. The van der Waals surface area contributed by atoms with Crippen molar-refractivity contribution >= 4 is 5.97 Å². The Bertz CT molecular complexity index is 393. The summed E-state index contributed by atoms with van der Waals surface area (Å²) in [6.45, 7) is 3.34.